The van der Waals surface area contributed by atoms with E-state index in [1.54, 1.807) is 6.07 Å². The predicted molar refractivity (Wildman–Crippen MR) is 95.0 cm³/mol. The molecule has 2 aromatic carbocycles. The molecule has 6 heteroatoms. The second-order valence-electron chi connectivity index (χ2n) is 5.29. The third-order valence-corrected chi connectivity index (χ3v) is 5.55. The Kier molecular flexibility index (Phi) is 4.78. The molecular weight excluding hydrogens is 353 g/mol. The second kappa shape index (κ2) is 6.65. The van der Waals surface area contributed by atoms with Crippen LogP contribution in [0.1, 0.15) is 11.3 Å². The number of halogens is 2. The van der Waals surface area contributed by atoms with Gasteiger partial charge in [0.15, 0.2) is 5.58 Å². The van der Waals surface area contributed by atoms with Gasteiger partial charge in [-0.05, 0) is 24.3 Å². The fourth-order valence-electron chi connectivity index (χ4n) is 2.83. The molecule has 3 aromatic rings. The average Bonchev–Trinajstić information content (AvgIpc) is 2.94. The summed E-state index contributed by atoms with van der Waals surface area (Å²) in [6.45, 7) is 1.67. The van der Waals surface area contributed by atoms with Crippen LogP contribution in [-0.4, -0.2) is 10.8 Å². The molecule has 0 amide bonds. The SMILES string of the molecule is Cl.O=S(c1ccccc1)c1cc(Cl)c2oc3c(c2c1)CNCC3. The zero-order valence-corrected chi connectivity index (χ0v) is 14.6. The molecular formula is C17H15Cl2NO2S. The van der Waals surface area contributed by atoms with Crippen molar-refractivity contribution in [3.8, 4) is 0 Å². The smallest absolute Gasteiger partial charge is 0.153 e. The van der Waals surface area contributed by atoms with E-state index < -0.39 is 10.8 Å². The molecule has 1 aliphatic rings. The Morgan fingerprint density at radius 3 is 2.70 bits per heavy atom. The summed E-state index contributed by atoms with van der Waals surface area (Å²) >= 11 is 6.36. The van der Waals surface area contributed by atoms with Gasteiger partial charge in [-0.15, -0.1) is 12.4 Å². The summed E-state index contributed by atoms with van der Waals surface area (Å²) in [6, 6.07) is 13.1. The molecule has 0 aliphatic carbocycles. The molecule has 23 heavy (non-hydrogen) atoms. The molecule has 3 nitrogen and oxygen atoms in total. The number of benzene rings is 2. The topological polar surface area (TPSA) is 42.2 Å². The summed E-state index contributed by atoms with van der Waals surface area (Å²) < 4.78 is 18.6. The lowest BCUT2D eigenvalue weighted by Crippen LogP contribution is -2.22. The Balaban J connectivity index is 0.00000156. The highest BCUT2D eigenvalue weighted by Gasteiger charge is 2.21. The Morgan fingerprint density at radius 2 is 1.91 bits per heavy atom. The molecule has 0 spiro atoms. The fourth-order valence-corrected chi connectivity index (χ4v) is 4.28. The summed E-state index contributed by atoms with van der Waals surface area (Å²) in [7, 11) is -1.24. The van der Waals surface area contributed by atoms with Crippen LogP contribution in [0.2, 0.25) is 5.02 Å². The lowest BCUT2D eigenvalue weighted by Gasteiger charge is -2.11. The maximum absolute atomic E-state index is 12.7. The first-order valence-electron chi connectivity index (χ1n) is 7.15. The van der Waals surface area contributed by atoms with Crippen LogP contribution in [0.3, 0.4) is 0 Å². The van der Waals surface area contributed by atoms with Gasteiger partial charge in [-0.1, -0.05) is 29.8 Å². The van der Waals surface area contributed by atoms with Gasteiger partial charge in [-0.3, -0.25) is 0 Å². The monoisotopic (exact) mass is 367 g/mol. The van der Waals surface area contributed by atoms with Crippen molar-refractivity contribution < 1.29 is 8.63 Å². The molecule has 1 N–H and O–H groups in total. The van der Waals surface area contributed by atoms with E-state index in [1.807, 2.05) is 36.4 Å². The summed E-state index contributed by atoms with van der Waals surface area (Å²) in [6.07, 6.45) is 0.859. The van der Waals surface area contributed by atoms with Crippen LogP contribution in [0.25, 0.3) is 11.0 Å². The van der Waals surface area contributed by atoms with E-state index in [1.165, 1.54) is 0 Å². The van der Waals surface area contributed by atoms with Crippen LogP contribution < -0.4 is 5.32 Å². The van der Waals surface area contributed by atoms with Crippen molar-refractivity contribution in [2.75, 3.05) is 6.54 Å². The van der Waals surface area contributed by atoms with Gasteiger partial charge >= 0.3 is 0 Å². The first kappa shape index (κ1) is 16.5. The number of nitrogens with one attached hydrogen (secondary N) is 1. The van der Waals surface area contributed by atoms with Crippen molar-refractivity contribution in [1.29, 1.82) is 0 Å². The molecule has 0 saturated heterocycles. The predicted octanol–water partition coefficient (Wildman–Crippen LogP) is 4.32. The highest BCUT2D eigenvalue weighted by atomic mass is 35.5. The Bertz CT molecular complexity index is 877. The molecule has 1 aromatic heterocycles. The fraction of sp³-hybridized carbons (Fsp3) is 0.176. The summed E-state index contributed by atoms with van der Waals surface area (Å²) in [5.41, 5.74) is 1.83. The van der Waals surface area contributed by atoms with Gasteiger partial charge in [0.05, 0.1) is 15.8 Å². The van der Waals surface area contributed by atoms with Crippen molar-refractivity contribution in [3.05, 3.63) is 58.8 Å². The van der Waals surface area contributed by atoms with E-state index in [9.17, 15) is 4.21 Å². The molecule has 0 saturated carbocycles. The summed E-state index contributed by atoms with van der Waals surface area (Å²) in [5.74, 6) is 0.985. The van der Waals surface area contributed by atoms with Gasteiger partial charge in [-0.25, -0.2) is 4.21 Å². The third kappa shape index (κ3) is 2.92. The first-order chi connectivity index (χ1) is 10.7. The summed E-state index contributed by atoms with van der Waals surface area (Å²) in [4.78, 5) is 1.48. The molecule has 0 bridgehead atoms. The van der Waals surface area contributed by atoms with Crippen LogP contribution in [0.4, 0.5) is 0 Å². The van der Waals surface area contributed by atoms with Crippen molar-refractivity contribution in [2.45, 2.75) is 22.8 Å². The molecule has 2 heterocycles. The second-order valence-corrected chi connectivity index (χ2v) is 7.18. The standard InChI is InChI=1S/C17H14ClNO2S.ClH/c18-15-9-12(22(20)11-4-2-1-3-5-11)8-13-14-10-19-7-6-16(14)21-17(13)15;/h1-5,8-9,19H,6-7,10H2;1H. The van der Waals surface area contributed by atoms with E-state index in [-0.39, 0.29) is 12.4 Å². The maximum atomic E-state index is 12.7. The summed E-state index contributed by atoms with van der Waals surface area (Å²) in [5, 5.41) is 4.83. The Hall–Kier alpha value is -1.33. The van der Waals surface area contributed by atoms with E-state index in [0.29, 0.717) is 15.5 Å². The van der Waals surface area contributed by atoms with Crippen LogP contribution in [0.15, 0.2) is 56.7 Å². The van der Waals surface area contributed by atoms with E-state index in [4.69, 9.17) is 16.0 Å². The molecule has 1 unspecified atom stereocenters. The third-order valence-electron chi connectivity index (χ3n) is 3.91. The van der Waals surface area contributed by atoms with E-state index >= 15 is 0 Å². The average molecular weight is 368 g/mol. The number of hydrogen-bond acceptors (Lipinski definition) is 3. The van der Waals surface area contributed by atoms with Gasteiger partial charge in [0, 0.05) is 40.3 Å². The zero-order valence-electron chi connectivity index (χ0n) is 12.2. The van der Waals surface area contributed by atoms with Crippen LogP contribution in [0, 0.1) is 0 Å². The number of hydrogen-bond donors (Lipinski definition) is 1. The van der Waals surface area contributed by atoms with Crippen LogP contribution >= 0.6 is 24.0 Å². The molecule has 1 atom stereocenters. The normalized spacial score (nSPS) is 15.0. The quantitative estimate of drug-likeness (QED) is 0.733. The zero-order chi connectivity index (χ0) is 15.1. The minimum absolute atomic E-state index is 0. The molecule has 0 radical (unpaired) electrons. The highest BCUT2D eigenvalue weighted by molar-refractivity contribution is 7.85. The lowest BCUT2D eigenvalue weighted by molar-refractivity contribution is 0.500. The van der Waals surface area contributed by atoms with Gasteiger partial charge < -0.3 is 9.73 Å². The number of furan rings is 1. The van der Waals surface area contributed by atoms with Crippen molar-refractivity contribution in [2.24, 2.45) is 0 Å². The lowest BCUT2D eigenvalue weighted by atomic mass is 10.1. The van der Waals surface area contributed by atoms with Gasteiger partial charge in [0.1, 0.15) is 5.76 Å². The molecule has 1 aliphatic heterocycles. The number of rotatable bonds is 2. The Labute approximate surface area is 147 Å². The van der Waals surface area contributed by atoms with E-state index in [0.717, 1.165) is 41.1 Å². The van der Waals surface area contributed by atoms with Crippen molar-refractivity contribution in [1.82, 2.24) is 5.32 Å². The van der Waals surface area contributed by atoms with Gasteiger partial charge in [0.25, 0.3) is 0 Å². The minimum Gasteiger partial charge on any atom is -0.459 e. The molecule has 120 valence electrons. The van der Waals surface area contributed by atoms with Crippen LogP contribution in [-0.2, 0) is 23.8 Å². The first-order valence-corrected chi connectivity index (χ1v) is 8.68. The maximum Gasteiger partial charge on any atom is 0.153 e. The Morgan fingerprint density at radius 1 is 1.13 bits per heavy atom. The van der Waals surface area contributed by atoms with Crippen molar-refractivity contribution in [3.63, 3.8) is 0 Å². The highest BCUT2D eigenvalue weighted by Crippen LogP contribution is 2.35. The van der Waals surface area contributed by atoms with Gasteiger partial charge in [0.2, 0.25) is 0 Å². The van der Waals surface area contributed by atoms with E-state index in [2.05, 4.69) is 5.32 Å². The van der Waals surface area contributed by atoms with Crippen molar-refractivity contribution >= 4 is 45.8 Å². The minimum atomic E-state index is -1.24. The van der Waals surface area contributed by atoms with Gasteiger partial charge in [-0.2, -0.15) is 0 Å². The number of fused-ring (bicyclic) bond motifs is 3. The largest absolute Gasteiger partial charge is 0.459 e. The molecule has 4 rings (SSSR count). The molecule has 0 fully saturated rings. The van der Waals surface area contributed by atoms with Crippen LogP contribution in [0.5, 0.6) is 0 Å².